The summed E-state index contributed by atoms with van der Waals surface area (Å²) >= 11 is 0. The highest BCUT2D eigenvalue weighted by Gasteiger charge is 2.26. The molecule has 0 fully saturated rings. The summed E-state index contributed by atoms with van der Waals surface area (Å²) < 4.78 is 18.0. The first-order valence-corrected chi connectivity index (χ1v) is 6.97. The van der Waals surface area contributed by atoms with Gasteiger partial charge < -0.3 is 10.5 Å². The molecule has 0 radical (unpaired) electrons. The van der Waals surface area contributed by atoms with Gasteiger partial charge in [-0.2, -0.15) is 5.10 Å². The number of carbonyl (C=O) groups is 1. The largest absolute Gasteiger partial charge is 0.426 e. The average Bonchev–Trinajstić information content (AvgIpc) is 2.57. The number of hydrazone groups is 1. The predicted molar refractivity (Wildman–Crippen MR) is 85.2 cm³/mol. The van der Waals surface area contributed by atoms with Gasteiger partial charge in [-0.15, -0.1) is 0 Å². The zero-order valence-corrected chi connectivity index (χ0v) is 12.1. The summed E-state index contributed by atoms with van der Waals surface area (Å²) in [4.78, 5) is 12.2. The molecule has 116 valence electrons. The molecule has 6 heteroatoms. The molecule has 1 aliphatic heterocycles. The molecule has 3 rings (SSSR count). The van der Waals surface area contributed by atoms with E-state index in [0.717, 1.165) is 5.69 Å². The maximum Gasteiger partial charge on any atom is 0.326 e. The SMILES string of the molecule is NC1=NN(c2ccccc2)C=CC1C(=O)Oc1ccc(F)cc1. The molecule has 5 nitrogen and oxygen atoms in total. The lowest BCUT2D eigenvalue weighted by Gasteiger charge is -2.22. The highest BCUT2D eigenvalue weighted by atomic mass is 19.1. The van der Waals surface area contributed by atoms with E-state index in [1.165, 1.54) is 24.3 Å². The fourth-order valence-corrected chi connectivity index (χ4v) is 2.09. The molecule has 2 aromatic rings. The van der Waals surface area contributed by atoms with Crippen LogP contribution in [0.3, 0.4) is 0 Å². The standard InChI is InChI=1S/C17H14FN3O2/c18-12-6-8-14(9-7-12)23-17(22)15-10-11-21(20-16(15)19)13-4-2-1-3-5-13/h1-11,15H,(H2,19,20). The molecule has 0 aromatic heterocycles. The third kappa shape index (κ3) is 3.37. The maximum absolute atomic E-state index is 12.8. The van der Waals surface area contributed by atoms with Crippen molar-refractivity contribution in [2.24, 2.45) is 16.8 Å². The summed E-state index contributed by atoms with van der Waals surface area (Å²) in [5.41, 5.74) is 6.71. The van der Waals surface area contributed by atoms with Crippen LogP contribution in [-0.2, 0) is 4.79 Å². The van der Waals surface area contributed by atoms with Gasteiger partial charge in [0.05, 0.1) is 5.69 Å². The quantitative estimate of drug-likeness (QED) is 0.699. The smallest absolute Gasteiger partial charge is 0.326 e. The molecule has 23 heavy (non-hydrogen) atoms. The Hall–Kier alpha value is -3.15. The molecule has 0 spiro atoms. The van der Waals surface area contributed by atoms with Crippen molar-refractivity contribution in [2.75, 3.05) is 5.01 Å². The topological polar surface area (TPSA) is 67.9 Å². The van der Waals surface area contributed by atoms with E-state index in [0.29, 0.717) is 0 Å². The lowest BCUT2D eigenvalue weighted by atomic mass is 10.1. The number of halogens is 1. The Labute approximate surface area is 132 Å². The Balaban J connectivity index is 1.71. The molecule has 1 atom stereocenters. The second kappa shape index (κ2) is 6.31. The third-order valence-electron chi connectivity index (χ3n) is 3.27. The predicted octanol–water partition coefficient (Wildman–Crippen LogP) is 2.65. The fourth-order valence-electron chi connectivity index (χ4n) is 2.09. The number of esters is 1. The first kappa shape index (κ1) is 14.8. The number of hydrogen-bond donors (Lipinski definition) is 1. The number of anilines is 1. The van der Waals surface area contributed by atoms with E-state index in [1.54, 1.807) is 17.3 Å². The van der Waals surface area contributed by atoms with Gasteiger partial charge in [-0.05, 0) is 42.5 Å². The number of amidine groups is 1. The van der Waals surface area contributed by atoms with Gasteiger partial charge in [0.1, 0.15) is 23.3 Å². The third-order valence-corrected chi connectivity index (χ3v) is 3.27. The number of carbonyl (C=O) groups excluding carboxylic acids is 1. The van der Waals surface area contributed by atoms with Crippen LogP contribution in [0.25, 0.3) is 0 Å². The normalized spacial score (nSPS) is 16.8. The Bertz CT molecular complexity index is 757. The minimum absolute atomic E-state index is 0.128. The minimum atomic E-state index is -0.778. The van der Waals surface area contributed by atoms with Crippen molar-refractivity contribution in [3.8, 4) is 5.75 Å². The van der Waals surface area contributed by atoms with E-state index in [4.69, 9.17) is 10.5 Å². The number of hydrogen-bond acceptors (Lipinski definition) is 5. The zero-order valence-electron chi connectivity index (χ0n) is 12.1. The number of benzene rings is 2. The second-order valence-corrected chi connectivity index (χ2v) is 4.90. The summed E-state index contributed by atoms with van der Waals surface area (Å²) in [6, 6.07) is 14.6. The van der Waals surface area contributed by atoms with Gasteiger partial charge in [0.25, 0.3) is 0 Å². The molecule has 0 saturated carbocycles. The van der Waals surface area contributed by atoms with Gasteiger partial charge in [-0.25, -0.2) is 9.40 Å². The van der Waals surface area contributed by atoms with Crippen LogP contribution in [0.1, 0.15) is 0 Å². The lowest BCUT2D eigenvalue weighted by molar-refractivity contribution is -0.135. The Morgan fingerprint density at radius 1 is 1.13 bits per heavy atom. The lowest BCUT2D eigenvalue weighted by Crippen LogP contribution is -2.36. The highest BCUT2D eigenvalue weighted by Crippen LogP contribution is 2.20. The summed E-state index contributed by atoms with van der Waals surface area (Å²) in [5, 5.41) is 5.77. The van der Waals surface area contributed by atoms with Crippen LogP contribution in [0.5, 0.6) is 5.75 Å². The molecule has 0 amide bonds. The first-order chi connectivity index (χ1) is 11.1. The van der Waals surface area contributed by atoms with E-state index >= 15 is 0 Å². The second-order valence-electron chi connectivity index (χ2n) is 4.90. The number of nitrogens with zero attached hydrogens (tertiary/aromatic N) is 2. The van der Waals surface area contributed by atoms with Crippen molar-refractivity contribution in [1.82, 2.24) is 0 Å². The molecular weight excluding hydrogens is 297 g/mol. The van der Waals surface area contributed by atoms with Crippen molar-refractivity contribution in [2.45, 2.75) is 0 Å². The molecule has 0 saturated heterocycles. The van der Waals surface area contributed by atoms with Gasteiger partial charge in [-0.3, -0.25) is 4.79 Å². The Morgan fingerprint density at radius 2 is 1.83 bits per heavy atom. The van der Waals surface area contributed by atoms with Crippen molar-refractivity contribution in [1.29, 1.82) is 0 Å². The van der Waals surface area contributed by atoms with Gasteiger partial charge in [0.2, 0.25) is 0 Å². The van der Waals surface area contributed by atoms with Crippen LogP contribution >= 0.6 is 0 Å². The zero-order chi connectivity index (χ0) is 16.2. The van der Waals surface area contributed by atoms with Gasteiger partial charge in [0.15, 0.2) is 0 Å². The number of rotatable bonds is 3. The molecule has 2 N–H and O–H groups in total. The monoisotopic (exact) mass is 311 g/mol. The van der Waals surface area contributed by atoms with E-state index in [-0.39, 0.29) is 11.6 Å². The Morgan fingerprint density at radius 3 is 2.48 bits per heavy atom. The van der Waals surface area contributed by atoms with Crippen LogP contribution < -0.4 is 15.5 Å². The summed E-state index contributed by atoms with van der Waals surface area (Å²) in [6.45, 7) is 0. The van der Waals surface area contributed by atoms with Crippen molar-refractivity contribution in [3.63, 3.8) is 0 Å². The van der Waals surface area contributed by atoms with Crippen LogP contribution in [0.4, 0.5) is 10.1 Å². The molecule has 0 bridgehead atoms. The van der Waals surface area contributed by atoms with E-state index in [1.807, 2.05) is 30.3 Å². The molecule has 0 aliphatic carbocycles. The van der Waals surface area contributed by atoms with Crippen LogP contribution in [0.15, 0.2) is 72.0 Å². The van der Waals surface area contributed by atoms with Gasteiger partial charge in [-0.1, -0.05) is 18.2 Å². The summed E-state index contributed by atoms with van der Waals surface area (Å²) in [5.74, 6) is -1.37. The van der Waals surface area contributed by atoms with Crippen molar-refractivity contribution in [3.05, 3.63) is 72.7 Å². The van der Waals surface area contributed by atoms with Crippen LogP contribution in [-0.4, -0.2) is 11.8 Å². The first-order valence-electron chi connectivity index (χ1n) is 6.97. The molecule has 1 aliphatic rings. The summed E-state index contributed by atoms with van der Waals surface area (Å²) in [7, 11) is 0. The molecule has 2 aromatic carbocycles. The molecule has 1 unspecified atom stereocenters. The highest BCUT2D eigenvalue weighted by molar-refractivity contribution is 6.03. The Kier molecular flexibility index (Phi) is 4.05. The number of ether oxygens (including phenoxy) is 1. The summed E-state index contributed by atoms with van der Waals surface area (Å²) in [6.07, 6.45) is 3.27. The van der Waals surface area contributed by atoms with Crippen molar-refractivity contribution >= 4 is 17.5 Å². The molecule has 1 heterocycles. The van der Waals surface area contributed by atoms with Crippen molar-refractivity contribution < 1.29 is 13.9 Å². The van der Waals surface area contributed by atoms with Gasteiger partial charge in [0, 0.05) is 6.20 Å². The van der Waals surface area contributed by atoms with E-state index in [9.17, 15) is 9.18 Å². The van der Waals surface area contributed by atoms with Crippen LogP contribution in [0.2, 0.25) is 0 Å². The average molecular weight is 311 g/mol. The molecular formula is C17H14FN3O2. The van der Waals surface area contributed by atoms with E-state index in [2.05, 4.69) is 5.10 Å². The fraction of sp³-hybridized carbons (Fsp3) is 0.0588. The minimum Gasteiger partial charge on any atom is -0.426 e. The number of nitrogens with two attached hydrogens (primary N) is 1. The van der Waals surface area contributed by atoms with E-state index < -0.39 is 17.7 Å². The maximum atomic E-state index is 12.8. The van der Waals surface area contributed by atoms with Gasteiger partial charge >= 0.3 is 5.97 Å². The number of para-hydroxylation sites is 1. The van der Waals surface area contributed by atoms with Crippen LogP contribution in [0, 0.1) is 11.7 Å².